The lowest BCUT2D eigenvalue weighted by Crippen LogP contribution is -2.31. The number of fused-ring (bicyclic) bond motifs is 1. The summed E-state index contributed by atoms with van der Waals surface area (Å²) < 4.78 is 35.8. The molecule has 3 rings (SSSR count). The van der Waals surface area contributed by atoms with E-state index in [4.69, 9.17) is 9.47 Å². The summed E-state index contributed by atoms with van der Waals surface area (Å²) in [4.78, 5) is 16.8. The molecule has 0 radical (unpaired) electrons. The lowest BCUT2D eigenvalue weighted by molar-refractivity contribution is -0.121. The Morgan fingerprint density at radius 3 is 2.66 bits per heavy atom. The minimum atomic E-state index is -3.29. The van der Waals surface area contributed by atoms with E-state index in [1.54, 1.807) is 29.9 Å². The van der Waals surface area contributed by atoms with Crippen LogP contribution >= 0.6 is 0 Å². The van der Waals surface area contributed by atoms with Crippen LogP contribution in [-0.4, -0.2) is 50.4 Å². The molecule has 3 aromatic rings. The minimum absolute atomic E-state index is 0.0233. The van der Waals surface area contributed by atoms with E-state index >= 15 is 0 Å². The number of hydrogen-bond acceptors (Lipinski definition) is 6. The average Bonchev–Trinajstić information content (AvgIpc) is 3.01. The van der Waals surface area contributed by atoms with Gasteiger partial charge in [-0.1, -0.05) is 18.2 Å². The second kappa shape index (κ2) is 8.95. The first-order valence-electron chi connectivity index (χ1n) is 9.01. The van der Waals surface area contributed by atoms with Crippen LogP contribution in [0.15, 0.2) is 48.5 Å². The zero-order valence-electron chi connectivity index (χ0n) is 16.3. The maximum atomic E-state index is 12.4. The Morgan fingerprint density at radius 2 is 1.90 bits per heavy atom. The van der Waals surface area contributed by atoms with E-state index in [9.17, 15) is 13.2 Å². The molecule has 0 spiro atoms. The monoisotopic (exact) mass is 417 g/mol. The third kappa shape index (κ3) is 5.71. The molecule has 0 atom stereocenters. The van der Waals surface area contributed by atoms with E-state index in [2.05, 4.69) is 10.3 Å². The number of carbonyl (C=O) groups is 1. The molecule has 2 aromatic carbocycles. The molecule has 1 heterocycles. The summed E-state index contributed by atoms with van der Waals surface area (Å²) in [7, 11) is -1.71. The van der Waals surface area contributed by atoms with Crippen molar-refractivity contribution in [2.75, 3.05) is 26.5 Å². The van der Waals surface area contributed by atoms with Crippen molar-refractivity contribution in [3.63, 3.8) is 0 Å². The molecule has 1 aromatic heterocycles. The van der Waals surface area contributed by atoms with Crippen LogP contribution in [0, 0.1) is 0 Å². The van der Waals surface area contributed by atoms with Gasteiger partial charge in [-0.25, -0.2) is 13.4 Å². The first kappa shape index (κ1) is 20.7. The Labute approximate surface area is 169 Å². The van der Waals surface area contributed by atoms with Gasteiger partial charge in [0.15, 0.2) is 9.84 Å². The molecule has 0 unspecified atom stereocenters. The topological polar surface area (TPSA) is 99.5 Å². The number of rotatable bonds is 9. The zero-order chi connectivity index (χ0) is 20.9. The fourth-order valence-electron chi connectivity index (χ4n) is 2.90. The molecule has 1 N–H and O–H groups in total. The summed E-state index contributed by atoms with van der Waals surface area (Å²) in [5.74, 6) is 1.20. The highest BCUT2D eigenvalue weighted by Crippen LogP contribution is 2.19. The van der Waals surface area contributed by atoms with Crippen LogP contribution in [0.25, 0.3) is 11.0 Å². The maximum absolute atomic E-state index is 12.4. The SMILES string of the molecule is COc1cccc(OCCNC(=O)Cn2c(CS(C)(=O)=O)nc3ccccc32)c1. The Balaban J connectivity index is 1.61. The first-order valence-corrected chi connectivity index (χ1v) is 11.1. The van der Waals surface area contributed by atoms with Crippen LogP contribution in [0.4, 0.5) is 0 Å². The normalized spacial score (nSPS) is 11.4. The van der Waals surface area contributed by atoms with Gasteiger partial charge in [-0.05, 0) is 24.3 Å². The molecule has 8 nitrogen and oxygen atoms in total. The van der Waals surface area contributed by atoms with Gasteiger partial charge < -0.3 is 19.4 Å². The number of benzene rings is 2. The van der Waals surface area contributed by atoms with Crippen molar-refractivity contribution in [1.82, 2.24) is 14.9 Å². The van der Waals surface area contributed by atoms with Crippen LogP contribution < -0.4 is 14.8 Å². The third-order valence-electron chi connectivity index (χ3n) is 4.16. The number of carbonyl (C=O) groups excluding carboxylic acids is 1. The number of nitrogens with one attached hydrogen (secondary N) is 1. The first-order chi connectivity index (χ1) is 13.9. The number of hydrogen-bond donors (Lipinski definition) is 1. The molecular formula is C20H23N3O5S. The van der Waals surface area contributed by atoms with Crippen molar-refractivity contribution < 1.29 is 22.7 Å². The predicted octanol–water partition coefficient (Wildman–Crippen LogP) is 1.78. The zero-order valence-corrected chi connectivity index (χ0v) is 17.1. The molecule has 1 amide bonds. The predicted molar refractivity (Wildman–Crippen MR) is 110 cm³/mol. The standard InChI is InChI=1S/C20H23N3O5S/c1-27-15-6-5-7-16(12-15)28-11-10-21-20(24)13-23-18-9-4-3-8-17(18)22-19(23)14-29(2,25)26/h3-9,12H,10-11,13-14H2,1-2H3,(H,21,24). The number of methoxy groups -OCH3 is 1. The van der Waals surface area contributed by atoms with E-state index in [0.29, 0.717) is 41.5 Å². The summed E-state index contributed by atoms with van der Waals surface area (Å²) in [6.45, 7) is 0.578. The van der Waals surface area contributed by atoms with Gasteiger partial charge in [-0.3, -0.25) is 4.79 Å². The molecule has 0 saturated heterocycles. The number of aromatic nitrogens is 2. The number of sulfone groups is 1. The summed E-state index contributed by atoms with van der Waals surface area (Å²) in [5, 5.41) is 2.78. The number of amides is 1. The summed E-state index contributed by atoms with van der Waals surface area (Å²) in [6, 6.07) is 14.4. The number of imidazole rings is 1. The Hall–Kier alpha value is -3.07. The molecule has 0 fully saturated rings. The highest BCUT2D eigenvalue weighted by molar-refractivity contribution is 7.89. The van der Waals surface area contributed by atoms with E-state index in [1.807, 2.05) is 30.3 Å². The summed E-state index contributed by atoms with van der Waals surface area (Å²) in [5.41, 5.74) is 1.37. The van der Waals surface area contributed by atoms with E-state index < -0.39 is 9.84 Å². The second-order valence-corrected chi connectivity index (χ2v) is 8.69. The van der Waals surface area contributed by atoms with Crippen molar-refractivity contribution in [2.24, 2.45) is 0 Å². The molecule has 0 bridgehead atoms. The Kier molecular flexibility index (Phi) is 6.38. The molecule has 0 saturated carbocycles. The molecule has 0 aliphatic heterocycles. The van der Waals surface area contributed by atoms with Crippen LogP contribution in [0.2, 0.25) is 0 Å². The van der Waals surface area contributed by atoms with E-state index in [0.717, 1.165) is 6.26 Å². The van der Waals surface area contributed by atoms with Crippen LogP contribution in [0.3, 0.4) is 0 Å². The van der Waals surface area contributed by atoms with Crippen molar-refractivity contribution in [2.45, 2.75) is 12.3 Å². The second-order valence-electron chi connectivity index (χ2n) is 6.55. The molecule has 29 heavy (non-hydrogen) atoms. The average molecular weight is 417 g/mol. The van der Waals surface area contributed by atoms with Gasteiger partial charge in [-0.15, -0.1) is 0 Å². The quantitative estimate of drug-likeness (QED) is 0.533. The fraction of sp³-hybridized carbons (Fsp3) is 0.300. The smallest absolute Gasteiger partial charge is 0.240 e. The fourth-order valence-corrected chi connectivity index (χ4v) is 3.59. The molecule has 9 heteroatoms. The molecule has 154 valence electrons. The van der Waals surface area contributed by atoms with Gasteiger partial charge in [0, 0.05) is 12.3 Å². The highest BCUT2D eigenvalue weighted by atomic mass is 32.2. The molecular weight excluding hydrogens is 394 g/mol. The van der Waals surface area contributed by atoms with Crippen LogP contribution in [0.5, 0.6) is 11.5 Å². The summed E-state index contributed by atoms with van der Waals surface area (Å²) >= 11 is 0. The van der Waals surface area contributed by atoms with Crippen LogP contribution in [-0.2, 0) is 26.9 Å². The van der Waals surface area contributed by atoms with Crippen molar-refractivity contribution in [3.05, 3.63) is 54.4 Å². The maximum Gasteiger partial charge on any atom is 0.240 e. The Morgan fingerprint density at radius 1 is 1.14 bits per heavy atom. The van der Waals surface area contributed by atoms with Crippen molar-refractivity contribution in [3.8, 4) is 11.5 Å². The van der Waals surface area contributed by atoms with Crippen molar-refractivity contribution in [1.29, 1.82) is 0 Å². The number of para-hydroxylation sites is 2. The third-order valence-corrected chi connectivity index (χ3v) is 4.94. The minimum Gasteiger partial charge on any atom is -0.497 e. The van der Waals surface area contributed by atoms with Crippen molar-refractivity contribution >= 4 is 26.8 Å². The van der Waals surface area contributed by atoms with E-state index in [-0.39, 0.29) is 18.2 Å². The van der Waals surface area contributed by atoms with E-state index in [1.165, 1.54) is 0 Å². The van der Waals surface area contributed by atoms with Gasteiger partial charge >= 0.3 is 0 Å². The highest BCUT2D eigenvalue weighted by Gasteiger charge is 2.17. The van der Waals surface area contributed by atoms with Crippen LogP contribution in [0.1, 0.15) is 5.82 Å². The van der Waals surface area contributed by atoms with Gasteiger partial charge in [0.2, 0.25) is 5.91 Å². The summed E-state index contributed by atoms with van der Waals surface area (Å²) in [6.07, 6.45) is 1.15. The van der Waals surface area contributed by atoms with Gasteiger partial charge in [0.05, 0.1) is 24.7 Å². The van der Waals surface area contributed by atoms with Gasteiger partial charge in [0.1, 0.15) is 36.2 Å². The van der Waals surface area contributed by atoms with Gasteiger partial charge in [-0.2, -0.15) is 0 Å². The molecule has 0 aliphatic rings. The lowest BCUT2D eigenvalue weighted by Gasteiger charge is -2.11. The Bertz CT molecular complexity index is 1110. The lowest BCUT2D eigenvalue weighted by atomic mass is 10.3. The number of ether oxygens (including phenoxy) is 2. The largest absolute Gasteiger partial charge is 0.497 e. The van der Waals surface area contributed by atoms with Gasteiger partial charge in [0.25, 0.3) is 0 Å². The molecule has 0 aliphatic carbocycles. The number of nitrogens with zero attached hydrogens (tertiary/aromatic N) is 2.